The molecule has 0 amide bonds. The molecule has 0 saturated carbocycles. The predicted octanol–water partition coefficient (Wildman–Crippen LogP) is 2.91. The summed E-state index contributed by atoms with van der Waals surface area (Å²) in [6, 6.07) is 7.13. The highest BCUT2D eigenvalue weighted by Crippen LogP contribution is 2.44. The van der Waals surface area contributed by atoms with E-state index < -0.39 is 31.8 Å². The van der Waals surface area contributed by atoms with Crippen LogP contribution in [0.3, 0.4) is 0 Å². The Morgan fingerprint density at radius 2 is 1.70 bits per heavy atom. The summed E-state index contributed by atoms with van der Waals surface area (Å²) in [5.74, 6) is -0.564. The van der Waals surface area contributed by atoms with E-state index in [-0.39, 0.29) is 29.5 Å². The van der Waals surface area contributed by atoms with Crippen molar-refractivity contribution in [2.75, 3.05) is 19.1 Å². The summed E-state index contributed by atoms with van der Waals surface area (Å²) in [7, 11) is -7.84. The van der Waals surface area contributed by atoms with Crippen LogP contribution in [-0.4, -0.2) is 47.3 Å². The molecular formula is C22H22O9S2. The maximum absolute atomic E-state index is 13.4. The number of carbonyl (C=O) groups is 1. The predicted molar refractivity (Wildman–Crippen MR) is 120 cm³/mol. The molecule has 0 saturated heterocycles. The molecule has 0 radical (unpaired) electrons. The highest BCUT2D eigenvalue weighted by molar-refractivity contribution is 7.86. The topological polar surface area (TPSA) is 122 Å². The van der Waals surface area contributed by atoms with E-state index in [0.717, 1.165) is 18.6 Å². The average molecular weight is 495 g/mol. The van der Waals surface area contributed by atoms with Gasteiger partial charge in [0.05, 0.1) is 29.6 Å². The Hall–Kier alpha value is -3.05. The number of ether oxygens (including phenoxy) is 2. The molecule has 0 spiro atoms. The summed E-state index contributed by atoms with van der Waals surface area (Å²) in [4.78, 5) is 13.4. The van der Waals surface area contributed by atoms with Gasteiger partial charge in [-0.2, -0.15) is 16.8 Å². The maximum Gasteiger partial charge on any atom is 0.306 e. The SMILES string of the molecule is CC1(C)C=Cc2c(ccc3c2OC[C@@H](c2ccc(OS(C)(=O)=O)cc2OS(C)(=O)=O)C3=O)O1. The quantitative estimate of drug-likeness (QED) is 0.577. The Bertz CT molecular complexity index is 1390. The fourth-order valence-electron chi connectivity index (χ4n) is 3.70. The summed E-state index contributed by atoms with van der Waals surface area (Å²) >= 11 is 0. The molecule has 0 N–H and O–H groups in total. The second kappa shape index (κ2) is 7.77. The van der Waals surface area contributed by atoms with E-state index >= 15 is 0 Å². The molecule has 0 unspecified atom stereocenters. The first-order valence-electron chi connectivity index (χ1n) is 9.87. The van der Waals surface area contributed by atoms with Crippen molar-refractivity contribution in [3.05, 3.63) is 53.1 Å². The van der Waals surface area contributed by atoms with Crippen LogP contribution in [0.1, 0.15) is 41.3 Å². The summed E-state index contributed by atoms with van der Waals surface area (Å²) in [6.07, 6.45) is 5.41. The minimum atomic E-state index is -3.98. The van der Waals surface area contributed by atoms with E-state index in [1.807, 2.05) is 26.0 Å². The lowest BCUT2D eigenvalue weighted by atomic mass is 9.86. The second-order valence-electron chi connectivity index (χ2n) is 8.40. The largest absolute Gasteiger partial charge is 0.491 e. The summed E-state index contributed by atoms with van der Waals surface area (Å²) in [5.41, 5.74) is 0.710. The zero-order valence-electron chi connectivity index (χ0n) is 18.3. The van der Waals surface area contributed by atoms with Crippen molar-refractivity contribution in [3.63, 3.8) is 0 Å². The van der Waals surface area contributed by atoms with Crippen LogP contribution in [0.25, 0.3) is 6.08 Å². The van der Waals surface area contributed by atoms with Gasteiger partial charge in [-0.25, -0.2) is 0 Å². The number of hydrogen-bond donors (Lipinski definition) is 0. The van der Waals surface area contributed by atoms with Gasteiger partial charge in [0.2, 0.25) is 0 Å². The van der Waals surface area contributed by atoms with Gasteiger partial charge in [-0.15, -0.1) is 0 Å². The van der Waals surface area contributed by atoms with Crippen LogP contribution in [0.15, 0.2) is 36.4 Å². The van der Waals surface area contributed by atoms with Crippen molar-refractivity contribution >= 4 is 32.1 Å². The minimum Gasteiger partial charge on any atom is -0.491 e. The normalized spacial score (nSPS) is 19.0. The van der Waals surface area contributed by atoms with Crippen LogP contribution >= 0.6 is 0 Å². The van der Waals surface area contributed by atoms with Gasteiger partial charge in [0.15, 0.2) is 5.78 Å². The number of hydrogen-bond acceptors (Lipinski definition) is 9. The lowest BCUT2D eigenvalue weighted by Gasteiger charge is -2.32. The molecule has 33 heavy (non-hydrogen) atoms. The zero-order chi connectivity index (χ0) is 24.2. The molecule has 0 fully saturated rings. The Labute approximate surface area is 192 Å². The number of ketones is 1. The monoisotopic (exact) mass is 494 g/mol. The highest BCUT2D eigenvalue weighted by Gasteiger charge is 2.36. The maximum atomic E-state index is 13.4. The molecule has 0 bridgehead atoms. The minimum absolute atomic E-state index is 0.0775. The number of Topliss-reactive ketones (excluding diaryl/α,β-unsaturated/α-hetero) is 1. The number of rotatable bonds is 5. The second-order valence-corrected chi connectivity index (χ2v) is 11.5. The fraction of sp³-hybridized carbons (Fsp3) is 0.318. The van der Waals surface area contributed by atoms with Crippen molar-refractivity contribution in [3.8, 4) is 23.0 Å². The van der Waals surface area contributed by atoms with Gasteiger partial charge >= 0.3 is 20.2 Å². The molecule has 2 aliphatic rings. The van der Waals surface area contributed by atoms with Gasteiger partial charge in [0.1, 0.15) is 35.2 Å². The lowest BCUT2D eigenvalue weighted by Crippen LogP contribution is -2.30. The lowest BCUT2D eigenvalue weighted by molar-refractivity contribution is 0.0893. The summed E-state index contributed by atoms with van der Waals surface area (Å²) in [5, 5.41) is 0. The zero-order valence-corrected chi connectivity index (χ0v) is 19.9. The van der Waals surface area contributed by atoms with E-state index in [1.165, 1.54) is 12.1 Å². The van der Waals surface area contributed by atoms with Crippen LogP contribution in [0.2, 0.25) is 0 Å². The van der Waals surface area contributed by atoms with Crippen molar-refractivity contribution in [1.82, 2.24) is 0 Å². The van der Waals surface area contributed by atoms with Crippen LogP contribution in [0.4, 0.5) is 0 Å². The smallest absolute Gasteiger partial charge is 0.306 e. The fourth-order valence-corrected chi connectivity index (χ4v) is 4.63. The molecule has 0 aromatic heterocycles. The summed E-state index contributed by atoms with van der Waals surface area (Å²) in [6.45, 7) is 3.74. The third-order valence-corrected chi connectivity index (χ3v) is 5.98. The Morgan fingerprint density at radius 3 is 2.36 bits per heavy atom. The number of fused-ring (bicyclic) bond motifs is 3. The Kier molecular flexibility index (Phi) is 5.44. The molecule has 2 aromatic carbocycles. The molecule has 11 heteroatoms. The van der Waals surface area contributed by atoms with Gasteiger partial charge < -0.3 is 17.8 Å². The molecule has 9 nitrogen and oxygen atoms in total. The molecule has 0 aliphatic carbocycles. The van der Waals surface area contributed by atoms with Crippen molar-refractivity contribution < 1.29 is 39.5 Å². The Morgan fingerprint density at radius 1 is 1.00 bits per heavy atom. The third kappa shape index (κ3) is 4.98. The van der Waals surface area contributed by atoms with Crippen LogP contribution in [0.5, 0.6) is 23.0 Å². The number of benzene rings is 2. The molecule has 2 aromatic rings. The first kappa shape index (κ1) is 23.1. The van der Waals surface area contributed by atoms with E-state index in [2.05, 4.69) is 0 Å². The van der Waals surface area contributed by atoms with E-state index in [4.69, 9.17) is 17.8 Å². The first-order chi connectivity index (χ1) is 15.2. The molecule has 4 rings (SSSR count). The standard InChI is InChI=1S/C22H22O9S2/c1-22(2)10-9-15-18(29-22)8-7-16-20(23)17(12-28-21(15)16)14-6-5-13(30-32(3,24)25)11-19(14)31-33(4,26)27/h5-11,17H,12H2,1-4H3/t17-/m0/s1. The van der Waals surface area contributed by atoms with Crippen LogP contribution in [0, 0.1) is 0 Å². The number of carbonyl (C=O) groups excluding carboxylic acids is 1. The van der Waals surface area contributed by atoms with Gasteiger partial charge in [0, 0.05) is 11.6 Å². The summed E-state index contributed by atoms with van der Waals surface area (Å²) < 4.78 is 68.3. The highest BCUT2D eigenvalue weighted by atomic mass is 32.2. The molecule has 2 aliphatic heterocycles. The van der Waals surface area contributed by atoms with Gasteiger partial charge in [0.25, 0.3) is 0 Å². The van der Waals surface area contributed by atoms with Crippen molar-refractivity contribution in [1.29, 1.82) is 0 Å². The van der Waals surface area contributed by atoms with Crippen LogP contribution in [-0.2, 0) is 20.2 Å². The average Bonchev–Trinajstić information content (AvgIpc) is 2.65. The van der Waals surface area contributed by atoms with Crippen molar-refractivity contribution in [2.45, 2.75) is 25.4 Å². The molecular weight excluding hydrogens is 472 g/mol. The van der Waals surface area contributed by atoms with E-state index in [0.29, 0.717) is 22.6 Å². The van der Waals surface area contributed by atoms with Gasteiger partial charge in [-0.05, 0) is 44.2 Å². The van der Waals surface area contributed by atoms with Gasteiger partial charge in [-0.1, -0.05) is 6.07 Å². The molecule has 176 valence electrons. The van der Waals surface area contributed by atoms with Crippen molar-refractivity contribution in [2.24, 2.45) is 0 Å². The Balaban J connectivity index is 1.74. The third-order valence-electron chi connectivity index (χ3n) is 5.01. The van der Waals surface area contributed by atoms with E-state index in [9.17, 15) is 21.6 Å². The van der Waals surface area contributed by atoms with Crippen LogP contribution < -0.4 is 17.8 Å². The van der Waals surface area contributed by atoms with E-state index in [1.54, 1.807) is 12.1 Å². The molecule has 2 heterocycles. The van der Waals surface area contributed by atoms with Gasteiger partial charge in [-0.3, -0.25) is 4.79 Å². The molecule has 1 atom stereocenters. The first-order valence-corrected chi connectivity index (χ1v) is 13.5.